The van der Waals surface area contributed by atoms with Crippen LogP contribution >= 0.6 is 0 Å². The molecule has 2 heteroatoms. The Hall–Kier alpha value is -1.64. The van der Waals surface area contributed by atoms with Crippen molar-refractivity contribution in [2.75, 3.05) is 27.2 Å². The van der Waals surface area contributed by atoms with E-state index in [2.05, 4.69) is 128 Å². The third kappa shape index (κ3) is 8.95. The van der Waals surface area contributed by atoms with Crippen molar-refractivity contribution in [3.8, 4) is 0 Å². The Kier molecular flexibility index (Phi) is 10.7. The molecule has 0 aromatic heterocycles. The molecule has 2 aromatic rings. The zero-order valence-corrected chi connectivity index (χ0v) is 26.5. The van der Waals surface area contributed by atoms with E-state index < -0.39 is 0 Å². The van der Waals surface area contributed by atoms with Gasteiger partial charge in [0.15, 0.2) is 0 Å². The Morgan fingerprint density at radius 2 is 0.921 bits per heavy atom. The van der Waals surface area contributed by atoms with Gasteiger partial charge in [-0.3, -0.25) is 0 Å². The first-order valence-electron chi connectivity index (χ1n) is 15.3. The standard InChI is InChI=1S/C36H58N2/c1-27(23-29-15-19-31(20-16-29)35(3,4)5)25-37(9)33-13-11-12-14-34(33)38(10)26-28(2)24-30-17-21-32(22-18-30)36(6,7)8/h15-22,27-28,33-34H,11-14,23-26H2,1-10H3. The summed E-state index contributed by atoms with van der Waals surface area (Å²) in [6, 6.07) is 20.1. The van der Waals surface area contributed by atoms with Crippen LogP contribution < -0.4 is 0 Å². The summed E-state index contributed by atoms with van der Waals surface area (Å²) in [5.41, 5.74) is 6.24. The fourth-order valence-corrected chi connectivity index (χ4v) is 6.59. The van der Waals surface area contributed by atoms with Crippen LogP contribution in [0, 0.1) is 11.8 Å². The summed E-state index contributed by atoms with van der Waals surface area (Å²) in [6.45, 7) is 21.0. The highest BCUT2D eigenvalue weighted by Crippen LogP contribution is 2.29. The molecule has 0 N–H and O–H groups in total. The minimum Gasteiger partial charge on any atom is -0.302 e. The number of hydrogen-bond acceptors (Lipinski definition) is 2. The monoisotopic (exact) mass is 518 g/mol. The van der Waals surface area contributed by atoms with Gasteiger partial charge in [0.1, 0.15) is 0 Å². The van der Waals surface area contributed by atoms with Gasteiger partial charge in [-0.15, -0.1) is 0 Å². The van der Waals surface area contributed by atoms with Crippen LogP contribution in [0.2, 0.25) is 0 Å². The number of nitrogens with zero attached hydrogens (tertiary/aromatic N) is 2. The van der Waals surface area contributed by atoms with E-state index in [9.17, 15) is 0 Å². The van der Waals surface area contributed by atoms with Crippen LogP contribution in [0.1, 0.15) is 103 Å². The van der Waals surface area contributed by atoms with Gasteiger partial charge in [0.05, 0.1) is 0 Å². The molecule has 0 amide bonds. The summed E-state index contributed by atoms with van der Waals surface area (Å²) in [5, 5.41) is 0. The third-order valence-electron chi connectivity index (χ3n) is 8.83. The Labute approximate surface area is 236 Å². The summed E-state index contributed by atoms with van der Waals surface area (Å²) >= 11 is 0. The zero-order chi connectivity index (χ0) is 28.1. The molecule has 3 rings (SSSR count). The smallest absolute Gasteiger partial charge is 0.0248 e. The van der Waals surface area contributed by atoms with Crippen molar-refractivity contribution in [2.45, 2.75) is 117 Å². The minimum atomic E-state index is 0.223. The molecule has 2 nitrogen and oxygen atoms in total. The van der Waals surface area contributed by atoms with E-state index in [4.69, 9.17) is 0 Å². The lowest BCUT2D eigenvalue weighted by atomic mass is 9.85. The molecular weight excluding hydrogens is 460 g/mol. The van der Waals surface area contributed by atoms with Gasteiger partial charge in [-0.05, 0) is 84.7 Å². The summed E-state index contributed by atoms with van der Waals surface area (Å²) in [5.74, 6) is 1.31. The maximum atomic E-state index is 2.70. The second-order valence-electron chi connectivity index (χ2n) is 14.8. The molecule has 0 spiro atoms. The first-order valence-corrected chi connectivity index (χ1v) is 15.3. The van der Waals surface area contributed by atoms with Gasteiger partial charge < -0.3 is 9.80 Å². The molecular formula is C36H58N2. The Balaban J connectivity index is 1.54. The fourth-order valence-electron chi connectivity index (χ4n) is 6.59. The van der Waals surface area contributed by atoms with E-state index in [1.807, 2.05) is 0 Å². The summed E-state index contributed by atoms with van der Waals surface area (Å²) in [6.07, 6.45) is 7.73. The molecule has 0 bridgehead atoms. The number of hydrogen-bond donors (Lipinski definition) is 0. The van der Waals surface area contributed by atoms with E-state index in [0.29, 0.717) is 23.9 Å². The van der Waals surface area contributed by atoms with Crippen molar-refractivity contribution in [2.24, 2.45) is 11.8 Å². The van der Waals surface area contributed by atoms with Crippen LogP contribution in [-0.4, -0.2) is 49.1 Å². The Morgan fingerprint density at radius 3 is 1.21 bits per heavy atom. The van der Waals surface area contributed by atoms with Gasteiger partial charge in [-0.2, -0.15) is 0 Å². The molecule has 0 saturated heterocycles. The zero-order valence-electron chi connectivity index (χ0n) is 26.5. The molecule has 1 fully saturated rings. The average Bonchev–Trinajstić information content (AvgIpc) is 2.83. The van der Waals surface area contributed by atoms with Crippen molar-refractivity contribution in [1.82, 2.24) is 9.80 Å². The highest BCUT2D eigenvalue weighted by atomic mass is 15.2. The van der Waals surface area contributed by atoms with E-state index in [1.54, 1.807) is 0 Å². The fraction of sp³-hybridized carbons (Fsp3) is 0.667. The maximum absolute atomic E-state index is 2.70. The van der Waals surface area contributed by atoms with Crippen LogP contribution in [0.15, 0.2) is 48.5 Å². The average molecular weight is 519 g/mol. The van der Waals surface area contributed by atoms with E-state index in [-0.39, 0.29) is 10.8 Å². The highest BCUT2D eigenvalue weighted by molar-refractivity contribution is 5.28. The van der Waals surface area contributed by atoms with Crippen molar-refractivity contribution in [3.05, 3.63) is 70.8 Å². The van der Waals surface area contributed by atoms with Gasteiger partial charge in [-0.1, -0.05) is 117 Å². The number of rotatable bonds is 10. The maximum Gasteiger partial charge on any atom is 0.0248 e. The van der Waals surface area contributed by atoms with Gasteiger partial charge in [0.2, 0.25) is 0 Å². The molecule has 0 heterocycles. The van der Waals surface area contributed by atoms with E-state index in [1.165, 1.54) is 61.0 Å². The summed E-state index contributed by atoms with van der Waals surface area (Å²) in [7, 11) is 4.77. The topological polar surface area (TPSA) is 6.48 Å². The minimum absolute atomic E-state index is 0.223. The second-order valence-corrected chi connectivity index (χ2v) is 14.8. The highest BCUT2D eigenvalue weighted by Gasteiger charge is 2.32. The Bertz CT molecular complexity index is 879. The van der Waals surface area contributed by atoms with Gasteiger partial charge in [0.25, 0.3) is 0 Å². The predicted molar refractivity (Wildman–Crippen MR) is 167 cm³/mol. The number of benzene rings is 2. The van der Waals surface area contributed by atoms with Gasteiger partial charge in [-0.25, -0.2) is 0 Å². The predicted octanol–water partition coefficient (Wildman–Crippen LogP) is 8.51. The van der Waals surface area contributed by atoms with Crippen LogP contribution in [0.5, 0.6) is 0 Å². The van der Waals surface area contributed by atoms with Gasteiger partial charge in [0, 0.05) is 25.2 Å². The number of likely N-dealkylation sites (N-methyl/N-ethyl adjacent to an activating group) is 2. The largest absolute Gasteiger partial charge is 0.302 e. The normalized spacial score (nSPS) is 20.6. The van der Waals surface area contributed by atoms with E-state index >= 15 is 0 Å². The first kappa shape index (κ1) is 30.9. The van der Waals surface area contributed by atoms with Crippen molar-refractivity contribution < 1.29 is 0 Å². The third-order valence-corrected chi connectivity index (χ3v) is 8.83. The molecule has 38 heavy (non-hydrogen) atoms. The lowest BCUT2D eigenvalue weighted by molar-refractivity contribution is 0.0625. The lowest BCUT2D eigenvalue weighted by Gasteiger charge is -2.44. The van der Waals surface area contributed by atoms with Crippen LogP contribution in [0.4, 0.5) is 0 Å². The molecule has 0 radical (unpaired) electrons. The van der Waals surface area contributed by atoms with Crippen molar-refractivity contribution in [3.63, 3.8) is 0 Å². The van der Waals surface area contributed by atoms with Gasteiger partial charge >= 0.3 is 0 Å². The molecule has 4 unspecified atom stereocenters. The SMILES string of the molecule is CC(Cc1ccc(C(C)(C)C)cc1)CN(C)C1CCCCC1N(C)CC(C)Cc1ccc(C(C)(C)C)cc1. The van der Waals surface area contributed by atoms with E-state index in [0.717, 1.165) is 12.8 Å². The summed E-state index contributed by atoms with van der Waals surface area (Å²) in [4.78, 5) is 5.40. The van der Waals surface area contributed by atoms with Crippen molar-refractivity contribution >= 4 is 0 Å². The van der Waals surface area contributed by atoms with Crippen LogP contribution in [-0.2, 0) is 23.7 Å². The first-order chi connectivity index (χ1) is 17.7. The van der Waals surface area contributed by atoms with Crippen molar-refractivity contribution in [1.29, 1.82) is 0 Å². The molecule has 4 atom stereocenters. The molecule has 1 aliphatic rings. The lowest BCUT2D eigenvalue weighted by Crippen LogP contribution is -2.52. The second kappa shape index (κ2) is 13.1. The molecule has 1 saturated carbocycles. The molecule has 1 aliphatic carbocycles. The van der Waals surface area contributed by atoms with Crippen LogP contribution in [0.3, 0.4) is 0 Å². The molecule has 0 aliphatic heterocycles. The summed E-state index contributed by atoms with van der Waals surface area (Å²) < 4.78 is 0. The molecule has 2 aromatic carbocycles. The Morgan fingerprint density at radius 1 is 0.605 bits per heavy atom. The van der Waals surface area contributed by atoms with Crippen LogP contribution in [0.25, 0.3) is 0 Å². The quantitative estimate of drug-likeness (QED) is 0.311. The molecule has 212 valence electrons.